The van der Waals surface area contributed by atoms with Crippen molar-refractivity contribution in [1.29, 1.82) is 0 Å². The quantitative estimate of drug-likeness (QED) is 0.792. The molecule has 1 rings (SSSR count). The van der Waals surface area contributed by atoms with Crippen molar-refractivity contribution in [3.63, 3.8) is 0 Å². The van der Waals surface area contributed by atoms with Crippen LogP contribution in [0.15, 0.2) is 0 Å². The molecular weight excluding hydrogens is 231 g/mol. The van der Waals surface area contributed by atoms with Gasteiger partial charge in [-0.05, 0) is 19.4 Å². The van der Waals surface area contributed by atoms with Gasteiger partial charge >= 0.3 is 6.18 Å². The van der Waals surface area contributed by atoms with Gasteiger partial charge in [0.2, 0.25) is 0 Å². The summed E-state index contributed by atoms with van der Waals surface area (Å²) < 4.78 is 60.5. The highest BCUT2D eigenvalue weighted by Crippen LogP contribution is 2.38. The first kappa shape index (κ1) is 12.8. The van der Waals surface area contributed by atoms with E-state index in [-0.39, 0.29) is 30.9 Å². The van der Waals surface area contributed by atoms with Crippen LogP contribution in [-0.4, -0.2) is 38.2 Å². The van der Waals surface area contributed by atoms with Crippen LogP contribution >= 0.6 is 0 Å². The molecule has 7 heteroatoms. The molecule has 1 heterocycles. The van der Waals surface area contributed by atoms with Crippen LogP contribution < -0.4 is 5.32 Å². The zero-order chi connectivity index (χ0) is 11.7. The van der Waals surface area contributed by atoms with Gasteiger partial charge < -0.3 is 5.32 Å². The first-order valence-corrected chi connectivity index (χ1v) is 6.57. The zero-order valence-electron chi connectivity index (χ0n) is 8.39. The number of hydrogen-bond donors (Lipinski definition) is 1. The molecule has 0 aromatic heterocycles. The maximum Gasteiger partial charge on any atom is 0.406 e. The summed E-state index contributed by atoms with van der Waals surface area (Å²) in [7, 11) is -3.27. The fourth-order valence-electron chi connectivity index (χ4n) is 1.79. The van der Waals surface area contributed by atoms with Crippen molar-refractivity contribution < 1.29 is 21.6 Å². The van der Waals surface area contributed by atoms with Crippen LogP contribution in [0.1, 0.15) is 19.8 Å². The van der Waals surface area contributed by atoms with E-state index >= 15 is 0 Å². The number of nitrogens with one attached hydrogen (secondary N) is 1. The van der Waals surface area contributed by atoms with Gasteiger partial charge in [-0.1, -0.05) is 6.92 Å². The van der Waals surface area contributed by atoms with Gasteiger partial charge in [-0.3, -0.25) is 0 Å². The summed E-state index contributed by atoms with van der Waals surface area (Å²) in [6.07, 6.45) is -5.15. The van der Waals surface area contributed by atoms with E-state index in [1.54, 1.807) is 6.92 Å². The van der Waals surface area contributed by atoms with Gasteiger partial charge in [0, 0.05) is 0 Å². The Bertz CT molecular complexity index is 309. The van der Waals surface area contributed by atoms with Crippen molar-refractivity contribution in [2.24, 2.45) is 0 Å². The van der Waals surface area contributed by atoms with Crippen molar-refractivity contribution in [2.75, 3.05) is 18.1 Å². The summed E-state index contributed by atoms with van der Waals surface area (Å²) in [5.41, 5.74) is -2.01. The van der Waals surface area contributed by atoms with Crippen LogP contribution in [0.25, 0.3) is 0 Å². The molecule has 0 aromatic rings. The summed E-state index contributed by atoms with van der Waals surface area (Å²) in [6, 6.07) is 0. The van der Waals surface area contributed by atoms with Crippen LogP contribution in [0, 0.1) is 0 Å². The van der Waals surface area contributed by atoms with Crippen LogP contribution in [0.4, 0.5) is 13.2 Å². The molecule has 1 fully saturated rings. The molecule has 0 spiro atoms. The lowest BCUT2D eigenvalue weighted by molar-refractivity contribution is -0.199. The van der Waals surface area contributed by atoms with E-state index in [0.717, 1.165) is 0 Å². The third-order valence-electron chi connectivity index (χ3n) is 2.74. The lowest BCUT2D eigenvalue weighted by Gasteiger charge is -2.39. The number of sulfone groups is 1. The molecule has 15 heavy (non-hydrogen) atoms. The molecule has 1 aliphatic rings. The maximum atomic E-state index is 12.8. The topological polar surface area (TPSA) is 46.2 Å². The van der Waals surface area contributed by atoms with E-state index < -0.39 is 21.6 Å². The van der Waals surface area contributed by atoms with E-state index in [0.29, 0.717) is 0 Å². The molecule has 0 unspecified atom stereocenters. The highest BCUT2D eigenvalue weighted by molar-refractivity contribution is 7.91. The van der Waals surface area contributed by atoms with Crippen molar-refractivity contribution in [3.8, 4) is 0 Å². The minimum Gasteiger partial charge on any atom is -0.304 e. The first-order valence-electron chi connectivity index (χ1n) is 4.75. The van der Waals surface area contributed by atoms with Crippen LogP contribution in [0.3, 0.4) is 0 Å². The Kier molecular flexibility index (Phi) is 3.35. The lowest BCUT2D eigenvalue weighted by atomic mass is 9.91. The third kappa shape index (κ3) is 2.63. The SMILES string of the molecule is CCNC1(C(F)(F)F)CCS(=O)(=O)CC1. The Morgan fingerprint density at radius 1 is 1.27 bits per heavy atom. The molecule has 0 radical (unpaired) electrons. The molecule has 0 saturated carbocycles. The largest absolute Gasteiger partial charge is 0.406 e. The van der Waals surface area contributed by atoms with Crippen molar-refractivity contribution in [1.82, 2.24) is 5.32 Å². The number of hydrogen-bond acceptors (Lipinski definition) is 3. The first-order chi connectivity index (χ1) is 6.72. The summed E-state index contributed by atoms with van der Waals surface area (Å²) in [5, 5.41) is 2.39. The third-order valence-corrected chi connectivity index (χ3v) is 4.39. The van der Waals surface area contributed by atoms with Crippen molar-refractivity contribution in [3.05, 3.63) is 0 Å². The molecule has 1 N–H and O–H groups in total. The predicted molar refractivity (Wildman–Crippen MR) is 50.4 cm³/mol. The fraction of sp³-hybridized carbons (Fsp3) is 1.00. The monoisotopic (exact) mass is 245 g/mol. The second kappa shape index (κ2) is 3.93. The van der Waals surface area contributed by atoms with Gasteiger partial charge in [0.05, 0.1) is 11.5 Å². The average Bonchev–Trinajstić information content (AvgIpc) is 2.07. The van der Waals surface area contributed by atoms with Crippen LogP contribution in [0.5, 0.6) is 0 Å². The highest BCUT2D eigenvalue weighted by Gasteiger charge is 2.56. The van der Waals surface area contributed by atoms with Gasteiger partial charge in [-0.25, -0.2) is 8.42 Å². The molecule has 0 bridgehead atoms. The van der Waals surface area contributed by atoms with E-state index in [2.05, 4.69) is 5.32 Å². The molecule has 1 aliphatic heterocycles. The minimum atomic E-state index is -4.39. The summed E-state index contributed by atoms with van der Waals surface area (Å²) in [4.78, 5) is 0. The molecule has 0 aliphatic carbocycles. The second-order valence-corrected chi connectivity index (χ2v) is 6.07. The van der Waals surface area contributed by atoms with Gasteiger partial charge in [0.15, 0.2) is 0 Å². The Balaban J connectivity index is 2.87. The zero-order valence-corrected chi connectivity index (χ0v) is 9.21. The van der Waals surface area contributed by atoms with E-state index in [1.807, 2.05) is 0 Å². The molecule has 0 atom stereocenters. The van der Waals surface area contributed by atoms with Crippen LogP contribution in [-0.2, 0) is 9.84 Å². The maximum absolute atomic E-state index is 12.8. The lowest BCUT2D eigenvalue weighted by Crippen LogP contribution is -2.60. The van der Waals surface area contributed by atoms with Crippen molar-refractivity contribution >= 4 is 9.84 Å². The second-order valence-electron chi connectivity index (χ2n) is 3.76. The van der Waals surface area contributed by atoms with Crippen molar-refractivity contribution in [2.45, 2.75) is 31.5 Å². The van der Waals surface area contributed by atoms with E-state index in [4.69, 9.17) is 0 Å². The Morgan fingerprint density at radius 3 is 2.07 bits per heavy atom. The molecule has 0 amide bonds. The Labute approximate surface area is 87.0 Å². The predicted octanol–water partition coefficient (Wildman–Crippen LogP) is 1.11. The molecular formula is C8H14F3NO2S. The molecule has 90 valence electrons. The van der Waals surface area contributed by atoms with E-state index in [1.165, 1.54) is 0 Å². The number of alkyl halides is 3. The summed E-state index contributed by atoms with van der Waals surface area (Å²) in [5.74, 6) is -0.779. The average molecular weight is 245 g/mol. The standard InChI is InChI=1S/C8H14F3NO2S/c1-2-12-7(8(9,10)11)3-5-15(13,14)6-4-7/h12H,2-6H2,1H3. The highest BCUT2D eigenvalue weighted by atomic mass is 32.2. The Hall–Kier alpha value is -0.300. The van der Waals surface area contributed by atoms with E-state index in [9.17, 15) is 21.6 Å². The van der Waals surface area contributed by atoms with Gasteiger partial charge in [-0.15, -0.1) is 0 Å². The number of rotatable bonds is 2. The fourth-order valence-corrected chi connectivity index (χ4v) is 3.31. The molecule has 0 aromatic carbocycles. The minimum absolute atomic E-state index is 0.180. The normalized spacial score (nSPS) is 25.1. The van der Waals surface area contributed by atoms with Gasteiger partial charge in [0.1, 0.15) is 15.4 Å². The van der Waals surface area contributed by atoms with Gasteiger partial charge in [-0.2, -0.15) is 13.2 Å². The number of halogens is 3. The van der Waals surface area contributed by atoms with Crippen LogP contribution in [0.2, 0.25) is 0 Å². The molecule has 3 nitrogen and oxygen atoms in total. The Morgan fingerprint density at radius 2 is 1.73 bits per heavy atom. The summed E-state index contributed by atoms with van der Waals surface area (Å²) >= 11 is 0. The smallest absolute Gasteiger partial charge is 0.304 e. The summed E-state index contributed by atoms with van der Waals surface area (Å²) in [6.45, 7) is 1.76. The van der Waals surface area contributed by atoms with Gasteiger partial charge in [0.25, 0.3) is 0 Å². The molecule has 1 saturated heterocycles.